The fourth-order valence-electron chi connectivity index (χ4n) is 5.86. The number of anilines is 1. The van der Waals surface area contributed by atoms with Gasteiger partial charge in [0.25, 0.3) is 5.91 Å². The van der Waals surface area contributed by atoms with Gasteiger partial charge in [-0.2, -0.15) is 0 Å². The van der Waals surface area contributed by atoms with Crippen LogP contribution in [0.4, 0.5) is 5.69 Å². The molecule has 2 fully saturated rings. The van der Waals surface area contributed by atoms with E-state index in [0.29, 0.717) is 41.5 Å². The van der Waals surface area contributed by atoms with Crippen LogP contribution in [0.2, 0.25) is 0 Å². The van der Waals surface area contributed by atoms with Crippen LogP contribution in [-0.2, 0) is 14.8 Å². The highest BCUT2D eigenvalue weighted by Crippen LogP contribution is 2.30. The number of rotatable bonds is 6. The number of amides is 2. The number of nitrogens with zero attached hydrogens (tertiary/aromatic N) is 2. The molecule has 2 N–H and O–H groups in total. The fourth-order valence-corrected chi connectivity index (χ4v) is 7.46. The van der Waals surface area contributed by atoms with Crippen molar-refractivity contribution in [3.8, 4) is 0 Å². The predicted molar refractivity (Wildman–Crippen MR) is 153 cm³/mol. The van der Waals surface area contributed by atoms with Crippen molar-refractivity contribution < 1.29 is 18.0 Å². The third kappa shape index (κ3) is 5.57. The first-order valence-electron chi connectivity index (χ1n) is 13.6. The van der Waals surface area contributed by atoms with Gasteiger partial charge in [0, 0.05) is 41.2 Å². The number of hydrogen-bond acceptors (Lipinski definition) is 5. The fraction of sp³-hybridized carbons (Fsp3) is 0.400. The van der Waals surface area contributed by atoms with Gasteiger partial charge in [-0.3, -0.25) is 14.5 Å². The van der Waals surface area contributed by atoms with Gasteiger partial charge in [0.2, 0.25) is 15.9 Å². The lowest BCUT2D eigenvalue weighted by atomic mass is 9.94. The Morgan fingerprint density at radius 3 is 2.38 bits per heavy atom. The van der Waals surface area contributed by atoms with Crippen LogP contribution in [0, 0.1) is 12.8 Å². The molecule has 2 saturated heterocycles. The average Bonchev–Trinajstić information content (AvgIpc) is 3.35. The molecule has 0 radical (unpaired) electrons. The molecule has 0 bridgehead atoms. The summed E-state index contributed by atoms with van der Waals surface area (Å²) in [5.74, 6) is -0.119. The topological polar surface area (TPSA) is 98.8 Å². The summed E-state index contributed by atoms with van der Waals surface area (Å²) in [6.07, 6.45) is 2.47. The molecule has 2 amide bonds. The molecule has 0 unspecified atom stereocenters. The second-order valence-electron chi connectivity index (χ2n) is 10.8. The van der Waals surface area contributed by atoms with Crippen molar-refractivity contribution in [1.82, 2.24) is 14.5 Å². The second kappa shape index (κ2) is 11.1. The molecule has 0 aromatic heterocycles. The third-order valence-electron chi connectivity index (χ3n) is 8.14. The molecule has 0 saturated carbocycles. The van der Waals surface area contributed by atoms with Crippen molar-refractivity contribution in [2.75, 3.05) is 32.0 Å². The zero-order valence-electron chi connectivity index (χ0n) is 22.7. The number of carbonyl (C=O) groups excluding carboxylic acids is 2. The second-order valence-corrected chi connectivity index (χ2v) is 12.5. The van der Waals surface area contributed by atoms with Crippen LogP contribution in [-0.4, -0.2) is 68.8 Å². The van der Waals surface area contributed by atoms with Crippen molar-refractivity contribution in [3.05, 3.63) is 71.8 Å². The Bertz CT molecular complexity index is 1510. The van der Waals surface area contributed by atoms with Crippen molar-refractivity contribution >= 4 is 38.3 Å². The Labute approximate surface area is 230 Å². The maximum atomic E-state index is 13.6. The number of sulfonamides is 1. The van der Waals surface area contributed by atoms with E-state index in [2.05, 4.69) is 14.9 Å². The number of likely N-dealkylation sites (N-methyl/N-ethyl adjacent to an activating group) is 1. The van der Waals surface area contributed by atoms with Crippen LogP contribution in [0.15, 0.2) is 65.6 Å². The van der Waals surface area contributed by atoms with E-state index in [9.17, 15) is 18.0 Å². The van der Waals surface area contributed by atoms with Gasteiger partial charge in [0.1, 0.15) is 0 Å². The van der Waals surface area contributed by atoms with Gasteiger partial charge in [0.05, 0.1) is 10.9 Å². The predicted octanol–water partition coefficient (Wildman–Crippen LogP) is 4.01. The summed E-state index contributed by atoms with van der Waals surface area (Å²) >= 11 is 0. The largest absolute Gasteiger partial charge is 0.341 e. The van der Waals surface area contributed by atoms with Gasteiger partial charge in [-0.25, -0.2) is 13.1 Å². The molecular formula is C30H36N4O4S. The van der Waals surface area contributed by atoms with Crippen LogP contribution >= 0.6 is 0 Å². The lowest BCUT2D eigenvalue weighted by Gasteiger charge is -2.39. The number of hydrogen-bond donors (Lipinski definition) is 2. The van der Waals surface area contributed by atoms with E-state index in [1.54, 1.807) is 36.4 Å². The zero-order chi connectivity index (χ0) is 27.7. The van der Waals surface area contributed by atoms with E-state index < -0.39 is 10.0 Å². The highest BCUT2D eigenvalue weighted by molar-refractivity contribution is 7.89. The summed E-state index contributed by atoms with van der Waals surface area (Å²) in [5.41, 5.74) is 1.98. The number of piperidine rings is 1. The Kier molecular flexibility index (Phi) is 7.75. The van der Waals surface area contributed by atoms with Gasteiger partial charge in [-0.05, 0) is 69.5 Å². The van der Waals surface area contributed by atoms with Crippen LogP contribution in [0.3, 0.4) is 0 Å². The number of likely N-dealkylation sites (tertiary alicyclic amines) is 2. The van der Waals surface area contributed by atoms with Crippen molar-refractivity contribution in [1.29, 1.82) is 0 Å². The van der Waals surface area contributed by atoms with Crippen LogP contribution < -0.4 is 10.0 Å². The molecule has 8 nitrogen and oxygen atoms in total. The summed E-state index contributed by atoms with van der Waals surface area (Å²) < 4.78 is 30.2. The Morgan fingerprint density at radius 1 is 0.923 bits per heavy atom. The molecule has 206 valence electrons. The smallest absolute Gasteiger partial charge is 0.255 e. The highest BCUT2D eigenvalue weighted by atomic mass is 32.2. The summed E-state index contributed by atoms with van der Waals surface area (Å²) in [5, 5.41) is 4.14. The van der Waals surface area contributed by atoms with Crippen LogP contribution in [0.1, 0.15) is 42.1 Å². The van der Waals surface area contributed by atoms with Gasteiger partial charge in [-0.15, -0.1) is 0 Å². The summed E-state index contributed by atoms with van der Waals surface area (Å²) in [6, 6.07) is 17.4. The van der Waals surface area contributed by atoms with Crippen molar-refractivity contribution in [2.45, 2.75) is 50.1 Å². The molecule has 2 aliphatic heterocycles. The summed E-state index contributed by atoms with van der Waals surface area (Å²) in [4.78, 5) is 30.2. The molecule has 3 aromatic rings. The normalized spacial score (nSPS) is 22.2. The number of carbonyl (C=O) groups is 2. The molecule has 0 spiro atoms. The minimum atomic E-state index is -3.86. The molecule has 39 heavy (non-hydrogen) atoms. The van der Waals surface area contributed by atoms with Crippen molar-refractivity contribution in [2.24, 2.45) is 5.92 Å². The Hall–Kier alpha value is -3.27. The van der Waals surface area contributed by atoms with Gasteiger partial charge in [0.15, 0.2) is 0 Å². The monoisotopic (exact) mass is 548 g/mol. The van der Waals surface area contributed by atoms with E-state index >= 15 is 0 Å². The molecular weight excluding hydrogens is 512 g/mol. The summed E-state index contributed by atoms with van der Waals surface area (Å²) in [7, 11) is -1.87. The molecule has 0 aliphatic carbocycles. The summed E-state index contributed by atoms with van der Waals surface area (Å²) in [6.45, 7) is 5.87. The molecule has 2 heterocycles. The van der Waals surface area contributed by atoms with E-state index in [1.165, 1.54) is 0 Å². The van der Waals surface area contributed by atoms with Crippen LogP contribution in [0.25, 0.3) is 10.8 Å². The SMILES string of the molecule is Cc1ccccc1C(=O)Nc1cccc2c(S(=O)(=O)N[C@@H]3CCN(C(=O)[C@@H]4CCCN4C)C[C@H]3C)cccc12. The molecule has 3 atom stereocenters. The van der Waals surface area contributed by atoms with E-state index in [0.717, 1.165) is 24.9 Å². The lowest BCUT2D eigenvalue weighted by Crippen LogP contribution is -2.54. The highest BCUT2D eigenvalue weighted by Gasteiger charge is 2.37. The van der Waals surface area contributed by atoms with Crippen LogP contribution in [0.5, 0.6) is 0 Å². The first-order chi connectivity index (χ1) is 18.7. The Morgan fingerprint density at radius 2 is 1.67 bits per heavy atom. The maximum Gasteiger partial charge on any atom is 0.255 e. The number of fused-ring (bicyclic) bond motifs is 1. The lowest BCUT2D eigenvalue weighted by molar-refractivity contribution is -0.137. The molecule has 9 heteroatoms. The van der Waals surface area contributed by atoms with Gasteiger partial charge in [-0.1, -0.05) is 49.4 Å². The molecule has 2 aliphatic rings. The van der Waals surface area contributed by atoms with Crippen molar-refractivity contribution in [3.63, 3.8) is 0 Å². The average molecular weight is 549 g/mol. The Balaban J connectivity index is 1.33. The quantitative estimate of drug-likeness (QED) is 0.485. The van der Waals surface area contributed by atoms with E-state index in [4.69, 9.17) is 0 Å². The third-order valence-corrected chi connectivity index (χ3v) is 9.69. The minimum Gasteiger partial charge on any atom is -0.341 e. The van der Waals surface area contributed by atoms with E-state index in [-0.39, 0.29) is 34.7 Å². The first-order valence-corrected chi connectivity index (χ1v) is 15.0. The first kappa shape index (κ1) is 27.3. The number of benzene rings is 3. The maximum absolute atomic E-state index is 13.6. The van der Waals surface area contributed by atoms with E-state index in [1.807, 2.05) is 50.1 Å². The number of aryl methyl sites for hydroxylation is 1. The zero-order valence-corrected chi connectivity index (χ0v) is 23.5. The number of nitrogens with one attached hydrogen (secondary N) is 2. The van der Waals surface area contributed by atoms with Gasteiger partial charge >= 0.3 is 0 Å². The van der Waals surface area contributed by atoms with Gasteiger partial charge < -0.3 is 10.2 Å². The minimum absolute atomic E-state index is 0.0249. The molecule has 3 aromatic carbocycles. The standard InChI is InChI=1S/C30H36N4O4S/c1-20-9-4-5-10-22(20)29(35)31-26-13-6-12-24-23(26)11-7-15-28(24)39(37,38)32-25-16-18-34(19-21(25)2)30(36)27-14-8-17-33(27)3/h4-7,9-13,15,21,25,27,32H,8,14,16-19H2,1-3H3,(H,31,35)/t21-,25-,27+/m1/s1. The molecule has 5 rings (SSSR count).